The highest BCUT2D eigenvalue weighted by molar-refractivity contribution is 6.11. The van der Waals surface area contributed by atoms with Gasteiger partial charge in [-0.05, 0) is 73.7 Å². The number of benzene rings is 2. The van der Waals surface area contributed by atoms with Crippen LogP contribution in [0.15, 0.2) is 48.5 Å². The number of carbonyl (C=O) groups excluding carboxylic acids is 1. The average molecular weight is 517 g/mol. The summed E-state index contributed by atoms with van der Waals surface area (Å²) in [4.78, 5) is 19.7. The molecule has 2 aliphatic rings. The molecule has 1 aliphatic heterocycles. The third kappa shape index (κ3) is 5.41. The molecule has 0 amide bonds. The molecule has 38 heavy (non-hydrogen) atoms. The summed E-state index contributed by atoms with van der Waals surface area (Å²) in [6, 6.07) is 14.7. The zero-order valence-corrected chi connectivity index (χ0v) is 21.9. The molecule has 1 saturated carbocycles. The fourth-order valence-corrected chi connectivity index (χ4v) is 4.83. The molecule has 3 aromatic rings. The van der Waals surface area contributed by atoms with E-state index in [1.165, 1.54) is 6.07 Å². The van der Waals surface area contributed by atoms with Crippen molar-refractivity contribution >= 4 is 28.9 Å². The van der Waals surface area contributed by atoms with Crippen LogP contribution in [0.25, 0.3) is 11.1 Å². The van der Waals surface area contributed by atoms with Gasteiger partial charge in [-0.3, -0.25) is 0 Å². The van der Waals surface area contributed by atoms with Gasteiger partial charge in [0.1, 0.15) is 11.6 Å². The molecular weight excluding hydrogens is 483 g/mol. The molecule has 198 valence electrons. The first-order valence-electron chi connectivity index (χ1n) is 13.2. The summed E-state index contributed by atoms with van der Waals surface area (Å²) in [5.41, 5.74) is 4.96. The Morgan fingerprint density at radius 1 is 1.16 bits per heavy atom. The van der Waals surface area contributed by atoms with Crippen LogP contribution in [-0.2, 0) is 9.47 Å². The van der Waals surface area contributed by atoms with Crippen LogP contribution in [0.1, 0.15) is 47.8 Å². The molecule has 2 heterocycles. The molecule has 1 saturated heterocycles. The van der Waals surface area contributed by atoms with E-state index in [2.05, 4.69) is 27.3 Å². The maximum absolute atomic E-state index is 14.4. The number of nitrogens with one attached hydrogen (secondary N) is 2. The van der Waals surface area contributed by atoms with Crippen molar-refractivity contribution in [2.45, 2.75) is 33.1 Å². The van der Waals surface area contributed by atoms with E-state index in [0.717, 1.165) is 49.2 Å². The van der Waals surface area contributed by atoms with Crippen molar-refractivity contribution in [2.75, 3.05) is 43.1 Å². The first-order chi connectivity index (χ1) is 18.4. The van der Waals surface area contributed by atoms with Crippen molar-refractivity contribution in [3.8, 4) is 11.1 Å². The largest absolute Gasteiger partial charge is 0.461 e. The standard InChI is InChI=1S/C30H33FN4O3/c1-3-38-30(36)26-18-24(20-8-11-23(12-9-20)35-13-15-37-16-14-35)27(28(32)21-5-4-6-21)29(34-26)33-22-10-7-19(2)25(31)17-22/h7-12,17-18,21,32H,3-6,13-16H2,1-2H3,(H,33,34). The molecule has 2 fully saturated rings. The number of rotatable bonds is 8. The fraction of sp³-hybridized carbons (Fsp3) is 0.367. The summed E-state index contributed by atoms with van der Waals surface area (Å²) >= 11 is 0. The first-order valence-corrected chi connectivity index (χ1v) is 13.2. The molecule has 0 radical (unpaired) electrons. The van der Waals surface area contributed by atoms with Crippen molar-refractivity contribution in [3.05, 3.63) is 71.2 Å². The van der Waals surface area contributed by atoms with Gasteiger partial charge in [0.25, 0.3) is 0 Å². The zero-order chi connectivity index (χ0) is 26.6. The number of pyridine rings is 1. The van der Waals surface area contributed by atoms with Crippen molar-refractivity contribution < 1.29 is 18.7 Å². The summed E-state index contributed by atoms with van der Waals surface area (Å²) in [5.74, 6) is -0.417. The van der Waals surface area contributed by atoms with E-state index in [9.17, 15) is 9.18 Å². The highest BCUT2D eigenvalue weighted by atomic mass is 19.1. The number of carbonyl (C=O) groups is 1. The lowest BCUT2D eigenvalue weighted by Crippen LogP contribution is -2.36. The van der Waals surface area contributed by atoms with E-state index in [4.69, 9.17) is 14.9 Å². The maximum atomic E-state index is 14.4. The Hall–Kier alpha value is -3.78. The summed E-state index contributed by atoms with van der Waals surface area (Å²) < 4.78 is 25.1. The van der Waals surface area contributed by atoms with Gasteiger partial charge in [0.05, 0.1) is 19.8 Å². The number of aromatic nitrogens is 1. The summed E-state index contributed by atoms with van der Waals surface area (Å²) in [5, 5.41) is 12.3. The molecule has 7 nitrogen and oxygen atoms in total. The Bertz CT molecular complexity index is 1330. The third-order valence-electron chi connectivity index (χ3n) is 7.28. The monoisotopic (exact) mass is 516 g/mol. The van der Waals surface area contributed by atoms with Gasteiger partial charge < -0.3 is 25.1 Å². The molecular formula is C30H33FN4O3. The van der Waals surface area contributed by atoms with E-state index >= 15 is 0 Å². The number of morpholine rings is 1. The Morgan fingerprint density at radius 2 is 1.89 bits per heavy atom. The minimum atomic E-state index is -0.543. The van der Waals surface area contributed by atoms with E-state index in [1.807, 2.05) is 12.1 Å². The molecule has 0 spiro atoms. The number of hydrogen-bond acceptors (Lipinski definition) is 7. The first kappa shape index (κ1) is 25.9. The number of ether oxygens (including phenoxy) is 2. The van der Waals surface area contributed by atoms with Crippen LogP contribution in [0.2, 0.25) is 0 Å². The van der Waals surface area contributed by atoms with Gasteiger partial charge in [-0.1, -0.05) is 24.6 Å². The predicted molar refractivity (Wildman–Crippen MR) is 147 cm³/mol. The van der Waals surface area contributed by atoms with Crippen LogP contribution >= 0.6 is 0 Å². The zero-order valence-electron chi connectivity index (χ0n) is 21.9. The smallest absolute Gasteiger partial charge is 0.357 e. The van der Waals surface area contributed by atoms with E-state index in [0.29, 0.717) is 41.6 Å². The lowest BCUT2D eigenvalue weighted by molar-refractivity contribution is 0.0519. The van der Waals surface area contributed by atoms with Gasteiger partial charge in [-0.25, -0.2) is 14.2 Å². The number of aryl methyl sites for hydroxylation is 1. The van der Waals surface area contributed by atoms with Gasteiger partial charge >= 0.3 is 5.97 Å². The molecule has 2 aromatic carbocycles. The summed E-state index contributed by atoms with van der Waals surface area (Å²) in [7, 11) is 0. The number of anilines is 3. The molecule has 0 atom stereocenters. The topological polar surface area (TPSA) is 87.5 Å². The van der Waals surface area contributed by atoms with E-state index < -0.39 is 5.97 Å². The van der Waals surface area contributed by atoms with Crippen LogP contribution in [0.4, 0.5) is 21.6 Å². The second-order valence-electron chi connectivity index (χ2n) is 9.78. The second-order valence-corrected chi connectivity index (χ2v) is 9.78. The Balaban J connectivity index is 1.62. The molecule has 1 aromatic heterocycles. The van der Waals surface area contributed by atoms with Crippen molar-refractivity contribution in [1.29, 1.82) is 5.41 Å². The predicted octanol–water partition coefficient (Wildman–Crippen LogP) is 6.12. The molecule has 1 aliphatic carbocycles. The van der Waals surface area contributed by atoms with Crippen LogP contribution in [0, 0.1) is 24.1 Å². The number of nitrogens with zero attached hydrogens (tertiary/aromatic N) is 2. The Morgan fingerprint density at radius 3 is 2.53 bits per heavy atom. The van der Waals surface area contributed by atoms with Crippen molar-refractivity contribution in [1.82, 2.24) is 4.98 Å². The fourth-order valence-electron chi connectivity index (χ4n) is 4.83. The number of hydrogen-bond donors (Lipinski definition) is 2. The molecule has 0 bridgehead atoms. The van der Waals surface area contributed by atoms with Crippen LogP contribution in [0.3, 0.4) is 0 Å². The van der Waals surface area contributed by atoms with Gasteiger partial charge in [0.2, 0.25) is 0 Å². The minimum Gasteiger partial charge on any atom is -0.461 e. The normalized spacial score (nSPS) is 15.6. The molecule has 8 heteroatoms. The Kier molecular flexibility index (Phi) is 7.69. The molecule has 5 rings (SSSR count). The lowest BCUT2D eigenvalue weighted by atomic mass is 9.78. The number of halogens is 1. The summed E-state index contributed by atoms with van der Waals surface area (Å²) in [6.45, 7) is 6.74. The van der Waals surface area contributed by atoms with Gasteiger partial charge in [0.15, 0.2) is 5.69 Å². The average Bonchev–Trinajstić information content (AvgIpc) is 2.90. The Labute approximate surface area is 222 Å². The second kappa shape index (κ2) is 11.3. The van der Waals surface area contributed by atoms with Gasteiger partial charge in [-0.15, -0.1) is 0 Å². The van der Waals surface area contributed by atoms with Crippen molar-refractivity contribution in [2.24, 2.45) is 5.92 Å². The molecule has 0 unspecified atom stereocenters. The number of esters is 1. The van der Waals surface area contributed by atoms with E-state index in [-0.39, 0.29) is 24.0 Å². The lowest BCUT2D eigenvalue weighted by Gasteiger charge is -2.30. The van der Waals surface area contributed by atoms with Crippen LogP contribution in [0.5, 0.6) is 0 Å². The van der Waals surface area contributed by atoms with E-state index in [1.54, 1.807) is 32.0 Å². The maximum Gasteiger partial charge on any atom is 0.357 e. The van der Waals surface area contributed by atoms with Crippen LogP contribution in [-0.4, -0.2) is 49.6 Å². The van der Waals surface area contributed by atoms with Crippen molar-refractivity contribution in [3.63, 3.8) is 0 Å². The highest BCUT2D eigenvalue weighted by Gasteiger charge is 2.29. The van der Waals surface area contributed by atoms with Gasteiger partial charge in [-0.2, -0.15) is 0 Å². The quantitative estimate of drug-likeness (QED) is 0.277. The molecule has 2 N–H and O–H groups in total. The minimum absolute atomic E-state index is 0.118. The SMILES string of the molecule is CCOC(=O)c1cc(-c2ccc(N3CCOCC3)cc2)c(C(=N)C2CCC2)c(Nc2ccc(C)c(F)c2)n1. The summed E-state index contributed by atoms with van der Waals surface area (Å²) in [6.07, 6.45) is 2.95. The third-order valence-corrected chi connectivity index (χ3v) is 7.28. The highest BCUT2D eigenvalue weighted by Crippen LogP contribution is 2.38. The van der Waals surface area contributed by atoms with Crippen LogP contribution < -0.4 is 10.2 Å². The van der Waals surface area contributed by atoms with Gasteiger partial charge in [0, 0.05) is 41.7 Å².